The van der Waals surface area contributed by atoms with Crippen LogP contribution in [0.3, 0.4) is 0 Å². The van der Waals surface area contributed by atoms with Gasteiger partial charge in [0, 0.05) is 6.42 Å². The summed E-state index contributed by atoms with van der Waals surface area (Å²) >= 11 is 0. The summed E-state index contributed by atoms with van der Waals surface area (Å²) < 4.78 is 13.2. The van der Waals surface area contributed by atoms with Gasteiger partial charge in [-0.1, -0.05) is 17.9 Å². The molecular formula is C12H14FN. The Morgan fingerprint density at radius 1 is 1.43 bits per heavy atom. The minimum atomic E-state index is -0.254. The standard InChI is InChI=1S/C12H14FN/c1-10-6-7-12(13)11(9-10)5-3-2-4-8-14/h6-7,9H,2,4,8,14H2,1H3. The first-order valence-corrected chi connectivity index (χ1v) is 4.69. The smallest absolute Gasteiger partial charge is 0.138 e. The van der Waals surface area contributed by atoms with Crippen LogP contribution in [0.4, 0.5) is 4.39 Å². The van der Waals surface area contributed by atoms with Gasteiger partial charge >= 0.3 is 0 Å². The van der Waals surface area contributed by atoms with E-state index in [9.17, 15) is 4.39 Å². The zero-order valence-corrected chi connectivity index (χ0v) is 8.31. The third kappa shape index (κ3) is 3.20. The highest BCUT2D eigenvalue weighted by Gasteiger charge is 1.97. The van der Waals surface area contributed by atoms with Gasteiger partial charge in [0.05, 0.1) is 5.56 Å². The lowest BCUT2D eigenvalue weighted by atomic mass is 10.1. The predicted molar refractivity (Wildman–Crippen MR) is 56.3 cm³/mol. The normalized spacial score (nSPS) is 9.36. The fourth-order valence-electron chi connectivity index (χ4n) is 1.08. The van der Waals surface area contributed by atoms with Gasteiger partial charge in [-0.05, 0) is 37.6 Å². The molecule has 14 heavy (non-hydrogen) atoms. The van der Waals surface area contributed by atoms with Crippen molar-refractivity contribution in [1.29, 1.82) is 0 Å². The third-order valence-electron chi connectivity index (χ3n) is 1.85. The lowest BCUT2D eigenvalue weighted by Gasteiger charge is -1.95. The van der Waals surface area contributed by atoms with Crippen LogP contribution in [0.2, 0.25) is 0 Å². The van der Waals surface area contributed by atoms with Crippen molar-refractivity contribution in [2.75, 3.05) is 6.54 Å². The number of rotatable bonds is 2. The Hall–Kier alpha value is -1.33. The van der Waals surface area contributed by atoms with Crippen molar-refractivity contribution < 1.29 is 4.39 Å². The molecule has 1 aromatic rings. The molecule has 0 spiro atoms. The molecule has 0 radical (unpaired) electrons. The molecule has 2 heteroatoms. The third-order valence-corrected chi connectivity index (χ3v) is 1.85. The second-order valence-electron chi connectivity index (χ2n) is 3.18. The zero-order chi connectivity index (χ0) is 10.4. The molecule has 1 nitrogen and oxygen atoms in total. The molecule has 74 valence electrons. The quantitative estimate of drug-likeness (QED) is 0.563. The number of unbranched alkanes of at least 4 members (excludes halogenated alkanes) is 1. The van der Waals surface area contributed by atoms with Crippen molar-refractivity contribution in [1.82, 2.24) is 0 Å². The van der Waals surface area contributed by atoms with E-state index in [0.717, 1.165) is 18.4 Å². The number of hydrogen-bond donors (Lipinski definition) is 1. The Morgan fingerprint density at radius 3 is 2.93 bits per heavy atom. The van der Waals surface area contributed by atoms with E-state index >= 15 is 0 Å². The van der Waals surface area contributed by atoms with E-state index in [2.05, 4.69) is 11.8 Å². The van der Waals surface area contributed by atoms with Crippen molar-refractivity contribution in [3.63, 3.8) is 0 Å². The Labute approximate surface area is 84.1 Å². The molecule has 0 unspecified atom stereocenters. The SMILES string of the molecule is Cc1ccc(F)c(C#CCCCN)c1. The van der Waals surface area contributed by atoms with Crippen LogP contribution in [0.15, 0.2) is 18.2 Å². The molecule has 0 aliphatic rings. The second-order valence-corrected chi connectivity index (χ2v) is 3.18. The van der Waals surface area contributed by atoms with Crippen LogP contribution in [0, 0.1) is 24.6 Å². The van der Waals surface area contributed by atoms with Gasteiger partial charge in [0.2, 0.25) is 0 Å². The fraction of sp³-hybridized carbons (Fsp3) is 0.333. The van der Waals surface area contributed by atoms with Crippen molar-refractivity contribution >= 4 is 0 Å². The van der Waals surface area contributed by atoms with Crippen molar-refractivity contribution in [3.8, 4) is 11.8 Å². The molecule has 2 N–H and O–H groups in total. The Morgan fingerprint density at radius 2 is 2.21 bits per heavy atom. The summed E-state index contributed by atoms with van der Waals surface area (Å²) in [7, 11) is 0. The van der Waals surface area contributed by atoms with Crippen LogP contribution < -0.4 is 5.73 Å². The summed E-state index contributed by atoms with van der Waals surface area (Å²) in [5, 5.41) is 0. The van der Waals surface area contributed by atoms with Gasteiger partial charge in [0.1, 0.15) is 5.82 Å². The van der Waals surface area contributed by atoms with Crippen molar-refractivity contribution in [2.45, 2.75) is 19.8 Å². The molecule has 0 aliphatic heterocycles. The van der Waals surface area contributed by atoms with E-state index in [0.29, 0.717) is 12.1 Å². The van der Waals surface area contributed by atoms with Crippen molar-refractivity contribution in [3.05, 3.63) is 35.1 Å². The molecular weight excluding hydrogens is 177 g/mol. The highest BCUT2D eigenvalue weighted by atomic mass is 19.1. The van der Waals surface area contributed by atoms with E-state index in [1.807, 2.05) is 6.92 Å². The molecule has 0 amide bonds. The lowest BCUT2D eigenvalue weighted by Crippen LogP contribution is -1.96. The number of benzene rings is 1. The Bertz CT molecular complexity index is 360. The van der Waals surface area contributed by atoms with Crippen molar-refractivity contribution in [2.24, 2.45) is 5.73 Å². The summed E-state index contributed by atoms with van der Waals surface area (Å²) in [6, 6.07) is 4.94. The number of aryl methyl sites for hydroxylation is 1. The van der Waals surface area contributed by atoms with Gasteiger partial charge in [-0.2, -0.15) is 0 Å². The first-order chi connectivity index (χ1) is 6.74. The van der Waals surface area contributed by atoms with Crippen LogP contribution in [0.5, 0.6) is 0 Å². The number of nitrogens with two attached hydrogens (primary N) is 1. The molecule has 0 aliphatic carbocycles. The summed E-state index contributed by atoms with van der Waals surface area (Å²) in [6.07, 6.45) is 1.59. The van der Waals surface area contributed by atoms with Crippen LogP contribution >= 0.6 is 0 Å². The molecule has 0 fully saturated rings. The topological polar surface area (TPSA) is 26.0 Å². The monoisotopic (exact) mass is 191 g/mol. The van der Waals surface area contributed by atoms with Crippen LogP contribution in [-0.4, -0.2) is 6.54 Å². The van der Waals surface area contributed by atoms with Gasteiger partial charge in [0.15, 0.2) is 0 Å². The van der Waals surface area contributed by atoms with Gasteiger partial charge in [-0.3, -0.25) is 0 Å². The summed E-state index contributed by atoms with van der Waals surface area (Å²) in [4.78, 5) is 0. The van der Waals surface area contributed by atoms with E-state index in [-0.39, 0.29) is 5.82 Å². The van der Waals surface area contributed by atoms with E-state index in [1.54, 1.807) is 12.1 Å². The molecule has 0 atom stereocenters. The van der Waals surface area contributed by atoms with Gasteiger partial charge in [0.25, 0.3) is 0 Å². The molecule has 0 heterocycles. The lowest BCUT2D eigenvalue weighted by molar-refractivity contribution is 0.624. The average Bonchev–Trinajstić information content (AvgIpc) is 2.18. The zero-order valence-electron chi connectivity index (χ0n) is 8.31. The molecule has 0 saturated heterocycles. The maximum Gasteiger partial charge on any atom is 0.138 e. The molecule has 0 saturated carbocycles. The van der Waals surface area contributed by atoms with E-state index in [1.165, 1.54) is 6.07 Å². The minimum Gasteiger partial charge on any atom is -0.330 e. The molecule has 0 aromatic heterocycles. The predicted octanol–water partition coefficient (Wildman–Crippen LogP) is 2.22. The second kappa shape index (κ2) is 5.41. The largest absolute Gasteiger partial charge is 0.330 e. The highest BCUT2D eigenvalue weighted by Crippen LogP contribution is 2.08. The minimum absolute atomic E-state index is 0.254. The maximum atomic E-state index is 13.2. The number of halogens is 1. The summed E-state index contributed by atoms with van der Waals surface area (Å²) in [6.45, 7) is 2.55. The fourth-order valence-corrected chi connectivity index (χ4v) is 1.08. The maximum absolute atomic E-state index is 13.2. The summed E-state index contributed by atoms with van der Waals surface area (Å²) in [5.41, 5.74) is 6.82. The Kier molecular flexibility index (Phi) is 4.15. The van der Waals surface area contributed by atoms with E-state index in [4.69, 9.17) is 5.73 Å². The first kappa shape index (κ1) is 10.7. The molecule has 1 aromatic carbocycles. The highest BCUT2D eigenvalue weighted by molar-refractivity contribution is 5.37. The van der Waals surface area contributed by atoms with Crippen LogP contribution in [0.25, 0.3) is 0 Å². The number of hydrogen-bond acceptors (Lipinski definition) is 1. The molecule has 1 rings (SSSR count). The molecule has 0 bridgehead atoms. The average molecular weight is 191 g/mol. The first-order valence-electron chi connectivity index (χ1n) is 4.69. The van der Waals surface area contributed by atoms with E-state index < -0.39 is 0 Å². The van der Waals surface area contributed by atoms with Gasteiger partial charge < -0.3 is 5.73 Å². The van der Waals surface area contributed by atoms with Crippen LogP contribution in [-0.2, 0) is 0 Å². The van der Waals surface area contributed by atoms with Crippen LogP contribution in [0.1, 0.15) is 24.0 Å². The summed E-state index contributed by atoms with van der Waals surface area (Å²) in [5.74, 6) is 5.45. The Balaban J connectivity index is 2.73. The van der Waals surface area contributed by atoms with Gasteiger partial charge in [-0.15, -0.1) is 0 Å². The van der Waals surface area contributed by atoms with Gasteiger partial charge in [-0.25, -0.2) is 4.39 Å².